The van der Waals surface area contributed by atoms with Crippen molar-refractivity contribution in [3.63, 3.8) is 0 Å². The molecule has 2 aromatic rings. The van der Waals surface area contributed by atoms with Crippen LogP contribution in [0.15, 0.2) is 18.2 Å². The SMILES string of the molecule is CCCCOC(=O)Oc1c2c(c(O)c3cccc(CC)c13)C1CCC2C1C. The first-order valence-electron chi connectivity index (χ1n) is 10.2. The first-order valence-corrected chi connectivity index (χ1v) is 10.2. The second-order valence-electron chi connectivity index (χ2n) is 7.90. The Balaban J connectivity index is 1.88. The van der Waals surface area contributed by atoms with Gasteiger partial charge in [-0.3, -0.25) is 0 Å². The molecule has 1 fully saturated rings. The van der Waals surface area contributed by atoms with Gasteiger partial charge in [-0.1, -0.05) is 45.4 Å². The second-order valence-corrected chi connectivity index (χ2v) is 7.90. The van der Waals surface area contributed by atoms with E-state index in [0.717, 1.165) is 59.6 Å². The number of ether oxygens (including phenoxy) is 2. The lowest BCUT2D eigenvalue weighted by atomic mass is 9.86. The van der Waals surface area contributed by atoms with Crippen LogP contribution in [0.1, 0.15) is 75.0 Å². The smallest absolute Gasteiger partial charge is 0.507 e. The van der Waals surface area contributed by atoms with Crippen LogP contribution in [0.3, 0.4) is 0 Å². The van der Waals surface area contributed by atoms with Crippen molar-refractivity contribution in [2.75, 3.05) is 6.61 Å². The molecule has 2 aliphatic carbocycles. The average Bonchev–Trinajstić information content (AvgIpc) is 3.17. The lowest BCUT2D eigenvalue weighted by Crippen LogP contribution is -2.14. The summed E-state index contributed by atoms with van der Waals surface area (Å²) in [5, 5.41) is 12.7. The number of phenols is 1. The number of aromatic hydroxyl groups is 1. The third-order valence-corrected chi connectivity index (χ3v) is 6.51. The fourth-order valence-corrected chi connectivity index (χ4v) is 5.13. The lowest BCUT2D eigenvalue weighted by molar-refractivity contribution is 0.0978. The number of rotatable bonds is 5. The zero-order chi connectivity index (χ0) is 19.1. The van der Waals surface area contributed by atoms with Crippen molar-refractivity contribution in [1.29, 1.82) is 0 Å². The highest BCUT2D eigenvalue weighted by atomic mass is 16.7. The van der Waals surface area contributed by atoms with Gasteiger partial charge in [0.1, 0.15) is 11.5 Å². The summed E-state index contributed by atoms with van der Waals surface area (Å²) in [5.74, 6) is 2.14. The summed E-state index contributed by atoms with van der Waals surface area (Å²) in [6.07, 6.45) is 4.13. The van der Waals surface area contributed by atoms with E-state index in [2.05, 4.69) is 20.8 Å². The van der Waals surface area contributed by atoms with Crippen molar-refractivity contribution >= 4 is 16.9 Å². The molecule has 3 unspecified atom stereocenters. The standard InChI is InChI=1S/C23H28O4/c1-4-6-12-26-23(25)27-22-18-14(5-2)8-7-9-17(18)21(24)19-15-10-11-16(13(15)3)20(19)22/h7-9,13,15-16,24H,4-6,10-12H2,1-3H3. The molecule has 2 aliphatic rings. The fourth-order valence-electron chi connectivity index (χ4n) is 5.13. The monoisotopic (exact) mass is 368 g/mol. The minimum absolute atomic E-state index is 0.337. The third kappa shape index (κ3) is 2.77. The van der Waals surface area contributed by atoms with Crippen molar-refractivity contribution < 1.29 is 19.4 Å². The maximum absolute atomic E-state index is 12.4. The molecule has 0 heterocycles. The molecule has 4 rings (SSSR count). The van der Waals surface area contributed by atoms with Gasteiger partial charge in [0, 0.05) is 21.9 Å². The van der Waals surface area contributed by atoms with E-state index >= 15 is 0 Å². The third-order valence-electron chi connectivity index (χ3n) is 6.51. The quantitative estimate of drug-likeness (QED) is 0.397. The Morgan fingerprint density at radius 1 is 1.19 bits per heavy atom. The Labute approximate surface area is 160 Å². The Bertz CT molecular complexity index is 886. The van der Waals surface area contributed by atoms with E-state index in [-0.39, 0.29) is 0 Å². The molecule has 1 N–H and O–H groups in total. The predicted octanol–water partition coefficient (Wildman–Crippen LogP) is 6.03. The van der Waals surface area contributed by atoms with Gasteiger partial charge in [0.15, 0.2) is 0 Å². The van der Waals surface area contributed by atoms with E-state index < -0.39 is 6.16 Å². The predicted molar refractivity (Wildman–Crippen MR) is 106 cm³/mol. The molecule has 4 heteroatoms. The number of benzene rings is 2. The highest BCUT2D eigenvalue weighted by Crippen LogP contribution is 2.63. The summed E-state index contributed by atoms with van der Waals surface area (Å²) in [7, 11) is 0. The molecule has 2 aromatic carbocycles. The van der Waals surface area contributed by atoms with Gasteiger partial charge in [-0.05, 0) is 49.0 Å². The second kappa shape index (κ2) is 7.06. The van der Waals surface area contributed by atoms with Crippen LogP contribution in [-0.4, -0.2) is 17.9 Å². The van der Waals surface area contributed by atoms with Crippen LogP contribution < -0.4 is 4.74 Å². The zero-order valence-corrected chi connectivity index (χ0v) is 16.4. The molecule has 0 radical (unpaired) electrons. The number of unbranched alkanes of at least 4 members (excludes halogenated alkanes) is 1. The van der Waals surface area contributed by atoms with Crippen molar-refractivity contribution in [3.8, 4) is 11.5 Å². The highest BCUT2D eigenvalue weighted by Gasteiger charge is 2.48. The molecule has 1 saturated carbocycles. The average molecular weight is 368 g/mol. The maximum Gasteiger partial charge on any atom is 0.513 e. The van der Waals surface area contributed by atoms with Crippen LogP contribution in [0.2, 0.25) is 0 Å². The largest absolute Gasteiger partial charge is 0.513 e. The zero-order valence-electron chi connectivity index (χ0n) is 16.4. The fraction of sp³-hybridized carbons (Fsp3) is 0.522. The van der Waals surface area contributed by atoms with Gasteiger partial charge in [0.2, 0.25) is 0 Å². The van der Waals surface area contributed by atoms with Crippen LogP contribution in [0.4, 0.5) is 4.79 Å². The molecule has 0 saturated heterocycles. The van der Waals surface area contributed by atoms with E-state index in [0.29, 0.717) is 35.9 Å². The summed E-state index contributed by atoms with van der Waals surface area (Å²) >= 11 is 0. The molecule has 2 bridgehead atoms. The summed E-state index contributed by atoms with van der Waals surface area (Å²) in [5.41, 5.74) is 3.12. The molecule has 0 aliphatic heterocycles. The number of fused-ring (bicyclic) bond motifs is 6. The minimum atomic E-state index is -0.640. The van der Waals surface area contributed by atoms with Crippen molar-refractivity contribution in [3.05, 3.63) is 34.9 Å². The maximum atomic E-state index is 12.4. The number of carbonyl (C=O) groups is 1. The molecule has 0 spiro atoms. The summed E-state index contributed by atoms with van der Waals surface area (Å²) in [4.78, 5) is 12.4. The van der Waals surface area contributed by atoms with E-state index in [1.807, 2.05) is 18.2 Å². The van der Waals surface area contributed by atoms with Crippen LogP contribution in [-0.2, 0) is 11.2 Å². The van der Waals surface area contributed by atoms with Crippen LogP contribution in [0.5, 0.6) is 11.5 Å². The van der Waals surface area contributed by atoms with E-state index in [1.54, 1.807) is 0 Å². The van der Waals surface area contributed by atoms with Gasteiger partial charge in [0.25, 0.3) is 0 Å². The van der Waals surface area contributed by atoms with Gasteiger partial charge in [0.05, 0.1) is 6.61 Å². The minimum Gasteiger partial charge on any atom is -0.507 e. The van der Waals surface area contributed by atoms with Crippen LogP contribution in [0, 0.1) is 5.92 Å². The molecule has 0 aromatic heterocycles. The van der Waals surface area contributed by atoms with Gasteiger partial charge in [-0.25, -0.2) is 4.79 Å². The number of phenolic OH excluding ortho intramolecular Hbond substituents is 1. The molecular weight excluding hydrogens is 340 g/mol. The molecule has 0 amide bonds. The molecule has 3 atom stereocenters. The lowest BCUT2D eigenvalue weighted by Gasteiger charge is -2.23. The first kappa shape index (κ1) is 18.1. The Kier molecular flexibility index (Phi) is 4.75. The summed E-state index contributed by atoms with van der Waals surface area (Å²) in [6, 6.07) is 5.93. The number of hydrogen-bond acceptors (Lipinski definition) is 4. The first-order chi connectivity index (χ1) is 13.1. The number of hydrogen-bond donors (Lipinski definition) is 1. The van der Waals surface area contributed by atoms with Gasteiger partial charge in [-0.2, -0.15) is 0 Å². The highest BCUT2D eigenvalue weighted by molar-refractivity contribution is 6.00. The van der Waals surface area contributed by atoms with E-state index in [4.69, 9.17) is 9.47 Å². The van der Waals surface area contributed by atoms with Crippen molar-refractivity contribution in [2.45, 2.75) is 64.7 Å². The molecule has 144 valence electrons. The Hall–Kier alpha value is -2.23. The molecule has 27 heavy (non-hydrogen) atoms. The topological polar surface area (TPSA) is 55.8 Å². The number of carbonyl (C=O) groups excluding carboxylic acids is 1. The van der Waals surface area contributed by atoms with Crippen LogP contribution >= 0.6 is 0 Å². The summed E-state index contributed by atoms with van der Waals surface area (Å²) in [6.45, 7) is 6.75. The van der Waals surface area contributed by atoms with Crippen LogP contribution in [0.25, 0.3) is 10.8 Å². The normalized spacial score (nSPS) is 22.9. The van der Waals surface area contributed by atoms with E-state index in [9.17, 15) is 9.90 Å². The Morgan fingerprint density at radius 3 is 2.63 bits per heavy atom. The van der Waals surface area contributed by atoms with E-state index in [1.165, 1.54) is 0 Å². The van der Waals surface area contributed by atoms with Crippen molar-refractivity contribution in [2.24, 2.45) is 5.92 Å². The van der Waals surface area contributed by atoms with Crippen molar-refractivity contribution in [1.82, 2.24) is 0 Å². The molecule has 4 nitrogen and oxygen atoms in total. The van der Waals surface area contributed by atoms with Gasteiger partial charge < -0.3 is 14.6 Å². The van der Waals surface area contributed by atoms with Gasteiger partial charge >= 0.3 is 6.16 Å². The summed E-state index contributed by atoms with van der Waals surface area (Å²) < 4.78 is 11.1. The number of aryl methyl sites for hydroxylation is 1. The van der Waals surface area contributed by atoms with Gasteiger partial charge in [-0.15, -0.1) is 0 Å². The Morgan fingerprint density at radius 2 is 1.93 bits per heavy atom. The molecular formula is C23H28O4.